The van der Waals surface area contributed by atoms with Crippen LogP contribution in [-0.2, 0) is 20.1 Å². The molecule has 2 aromatic heterocycles. The summed E-state index contributed by atoms with van der Waals surface area (Å²) in [5, 5.41) is 12.1. The van der Waals surface area contributed by atoms with Gasteiger partial charge in [0, 0.05) is 19.8 Å². The van der Waals surface area contributed by atoms with E-state index in [4.69, 9.17) is 0 Å². The van der Waals surface area contributed by atoms with Crippen LogP contribution in [0.4, 0.5) is 0 Å². The molecule has 0 bridgehead atoms. The fourth-order valence-corrected chi connectivity index (χ4v) is 1.82. The molecule has 0 unspecified atom stereocenters. The van der Waals surface area contributed by atoms with E-state index in [0.29, 0.717) is 0 Å². The maximum absolute atomic E-state index is 4.51. The Morgan fingerprint density at radius 3 is 2.82 bits per heavy atom. The monoisotopic (exact) mass is 233 g/mol. The molecule has 0 fully saturated rings. The van der Waals surface area contributed by atoms with Crippen LogP contribution in [0.1, 0.15) is 24.0 Å². The Morgan fingerprint density at radius 1 is 1.35 bits per heavy atom. The molecular formula is C12H19N5. The molecule has 2 heterocycles. The van der Waals surface area contributed by atoms with Crippen molar-refractivity contribution in [2.45, 2.75) is 26.9 Å². The summed E-state index contributed by atoms with van der Waals surface area (Å²) >= 11 is 0. The minimum atomic E-state index is 0.767. The summed E-state index contributed by atoms with van der Waals surface area (Å²) in [6.07, 6.45) is 2.01. The first-order valence-electron chi connectivity index (χ1n) is 5.91. The standard InChI is InChI=1S/C12H19N5/c1-4-13-8-11-5-6-17(15-11)9-12-7-10(2)14-16(12)3/h5-7,13H,4,8-9H2,1-3H3. The number of nitrogens with zero attached hydrogens (tertiary/aromatic N) is 4. The van der Waals surface area contributed by atoms with Gasteiger partial charge in [-0.15, -0.1) is 0 Å². The number of rotatable bonds is 5. The number of hydrogen-bond donors (Lipinski definition) is 1. The molecule has 2 rings (SSSR count). The topological polar surface area (TPSA) is 47.7 Å². The van der Waals surface area contributed by atoms with Crippen molar-refractivity contribution in [3.8, 4) is 0 Å². The smallest absolute Gasteiger partial charge is 0.0828 e. The van der Waals surface area contributed by atoms with Crippen molar-refractivity contribution in [3.63, 3.8) is 0 Å². The second kappa shape index (κ2) is 5.14. The zero-order valence-corrected chi connectivity index (χ0v) is 10.6. The van der Waals surface area contributed by atoms with Crippen LogP contribution >= 0.6 is 0 Å². The Labute approximate surface area is 101 Å². The van der Waals surface area contributed by atoms with Crippen LogP contribution in [0.15, 0.2) is 18.3 Å². The van der Waals surface area contributed by atoms with Crippen LogP contribution in [0.3, 0.4) is 0 Å². The lowest BCUT2D eigenvalue weighted by Gasteiger charge is -2.02. The first kappa shape index (κ1) is 11.9. The van der Waals surface area contributed by atoms with Gasteiger partial charge >= 0.3 is 0 Å². The van der Waals surface area contributed by atoms with Gasteiger partial charge in [0.2, 0.25) is 0 Å². The lowest BCUT2D eigenvalue weighted by molar-refractivity contribution is 0.603. The zero-order valence-electron chi connectivity index (χ0n) is 10.6. The number of aromatic nitrogens is 4. The van der Waals surface area contributed by atoms with E-state index in [1.807, 2.05) is 35.6 Å². The van der Waals surface area contributed by atoms with E-state index in [1.165, 1.54) is 5.69 Å². The summed E-state index contributed by atoms with van der Waals surface area (Å²) < 4.78 is 3.85. The molecule has 0 radical (unpaired) electrons. The average Bonchev–Trinajstić information content (AvgIpc) is 2.84. The lowest BCUT2D eigenvalue weighted by atomic mass is 10.4. The van der Waals surface area contributed by atoms with E-state index in [2.05, 4.69) is 28.5 Å². The van der Waals surface area contributed by atoms with Crippen LogP contribution in [0.5, 0.6) is 0 Å². The first-order chi connectivity index (χ1) is 8.19. The van der Waals surface area contributed by atoms with Crippen LogP contribution in [0.25, 0.3) is 0 Å². The molecule has 5 nitrogen and oxygen atoms in total. The number of nitrogens with one attached hydrogen (secondary N) is 1. The van der Waals surface area contributed by atoms with E-state index < -0.39 is 0 Å². The third kappa shape index (κ3) is 2.94. The predicted molar refractivity (Wildman–Crippen MR) is 66.7 cm³/mol. The van der Waals surface area contributed by atoms with E-state index in [0.717, 1.165) is 31.0 Å². The van der Waals surface area contributed by atoms with Gasteiger partial charge in [-0.3, -0.25) is 9.36 Å². The highest BCUT2D eigenvalue weighted by Gasteiger charge is 2.04. The van der Waals surface area contributed by atoms with Gasteiger partial charge in [-0.25, -0.2) is 0 Å². The summed E-state index contributed by atoms with van der Waals surface area (Å²) in [4.78, 5) is 0. The minimum absolute atomic E-state index is 0.767. The molecule has 2 aromatic rings. The Morgan fingerprint density at radius 2 is 2.18 bits per heavy atom. The van der Waals surface area contributed by atoms with Crippen LogP contribution in [0.2, 0.25) is 0 Å². The maximum Gasteiger partial charge on any atom is 0.0828 e. The third-order valence-electron chi connectivity index (χ3n) is 2.67. The van der Waals surface area contributed by atoms with Crippen molar-refractivity contribution in [1.82, 2.24) is 24.9 Å². The normalized spacial score (nSPS) is 11.0. The van der Waals surface area contributed by atoms with Crippen molar-refractivity contribution < 1.29 is 0 Å². The van der Waals surface area contributed by atoms with Crippen molar-refractivity contribution >= 4 is 0 Å². The maximum atomic E-state index is 4.51. The molecule has 0 aromatic carbocycles. The van der Waals surface area contributed by atoms with E-state index in [9.17, 15) is 0 Å². The molecule has 0 aliphatic rings. The molecule has 1 N–H and O–H groups in total. The Hall–Kier alpha value is -1.62. The molecule has 0 atom stereocenters. The lowest BCUT2D eigenvalue weighted by Crippen LogP contribution is -2.13. The van der Waals surface area contributed by atoms with Crippen molar-refractivity contribution in [1.29, 1.82) is 0 Å². The predicted octanol–water partition coefficient (Wildman–Crippen LogP) is 1.08. The SMILES string of the molecule is CCNCc1ccn(Cc2cc(C)nn2C)n1. The van der Waals surface area contributed by atoms with Gasteiger partial charge in [0.1, 0.15) is 0 Å². The highest BCUT2D eigenvalue weighted by atomic mass is 15.3. The molecule has 5 heteroatoms. The number of hydrogen-bond acceptors (Lipinski definition) is 3. The van der Waals surface area contributed by atoms with Crippen molar-refractivity contribution in [2.24, 2.45) is 7.05 Å². The Bertz CT molecular complexity index is 483. The van der Waals surface area contributed by atoms with E-state index in [1.54, 1.807) is 0 Å². The zero-order chi connectivity index (χ0) is 12.3. The van der Waals surface area contributed by atoms with Crippen LogP contribution in [0, 0.1) is 6.92 Å². The summed E-state index contributed by atoms with van der Waals surface area (Å²) in [5.74, 6) is 0. The van der Waals surface area contributed by atoms with Gasteiger partial charge in [-0.1, -0.05) is 6.92 Å². The highest BCUT2D eigenvalue weighted by molar-refractivity contribution is 5.09. The fraction of sp³-hybridized carbons (Fsp3) is 0.500. The third-order valence-corrected chi connectivity index (χ3v) is 2.67. The average molecular weight is 233 g/mol. The summed E-state index contributed by atoms with van der Waals surface area (Å²) in [6.45, 7) is 6.66. The fourth-order valence-electron chi connectivity index (χ4n) is 1.82. The highest BCUT2D eigenvalue weighted by Crippen LogP contribution is 2.05. The van der Waals surface area contributed by atoms with Crippen LogP contribution < -0.4 is 5.32 Å². The molecular weight excluding hydrogens is 214 g/mol. The van der Waals surface area contributed by atoms with Crippen LogP contribution in [-0.4, -0.2) is 26.1 Å². The molecule has 0 amide bonds. The van der Waals surface area contributed by atoms with Gasteiger partial charge in [0.15, 0.2) is 0 Å². The largest absolute Gasteiger partial charge is 0.311 e. The van der Waals surface area contributed by atoms with Gasteiger partial charge in [0.25, 0.3) is 0 Å². The second-order valence-corrected chi connectivity index (χ2v) is 4.19. The first-order valence-corrected chi connectivity index (χ1v) is 5.91. The molecule has 0 saturated carbocycles. The second-order valence-electron chi connectivity index (χ2n) is 4.19. The van der Waals surface area contributed by atoms with Crippen molar-refractivity contribution in [2.75, 3.05) is 6.54 Å². The van der Waals surface area contributed by atoms with Gasteiger partial charge in [0.05, 0.1) is 23.6 Å². The summed E-state index contributed by atoms with van der Waals surface area (Å²) in [7, 11) is 1.96. The minimum Gasteiger partial charge on any atom is -0.311 e. The van der Waals surface area contributed by atoms with Gasteiger partial charge in [-0.2, -0.15) is 10.2 Å². The quantitative estimate of drug-likeness (QED) is 0.840. The summed E-state index contributed by atoms with van der Waals surface area (Å²) in [5.41, 5.74) is 3.29. The molecule has 0 aliphatic heterocycles. The summed E-state index contributed by atoms with van der Waals surface area (Å²) in [6, 6.07) is 4.14. The Kier molecular flexibility index (Phi) is 3.58. The Balaban J connectivity index is 2.03. The molecule has 92 valence electrons. The van der Waals surface area contributed by atoms with Crippen molar-refractivity contribution in [3.05, 3.63) is 35.4 Å². The molecule has 0 saturated heterocycles. The van der Waals surface area contributed by atoms with E-state index in [-0.39, 0.29) is 0 Å². The van der Waals surface area contributed by atoms with Gasteiger partial charge in [-0.05, 0) is 25.6 Å². The van der Waals surface area contributed by atoms with Gasteiger partial charge < -0.3 is 5.32 Å². The molecule has 0 aliphatic carbocycles. The van der Waals surface area contributed by atoms with E-state index >= 15 is 0 Å². The number of aryl methyl sites for hydroxylation is 2. The molecule has 0 spiro atoms. The molecule has 17 heavy (non-hydrogen) atoms.